The molecule has 0 atom stereocenters. The SMILES string of the molecule is SCc1ccc(-c2cc(CS)ccn2)nc1. The Morgan fingerprint density at radius 2 is 1.69 bits per heavy atom. The van der Waals surface area contributed by atoms with Gasteiger partial charge < -0.3 is 0 Å². The van der Waals surface area contributed by atoms with Crippen molar-refractivity contribution in [3.05, 3.63) is 47.8 Å². The van der Waals surface area contributed by atoms with Crippen molar-refractivity contribution in [2.24, 2.45) is 0 Å². The van der Waals surface area contributed by atoms with Crippen LogP contribution in [0.15, 0.2) is 36.7 Å². The minimum atomic E-state index is 0.706. The van der Waals surface area contributed by atoms with Gasteiger partial charge in [0.15, 0.2) is 0 Å². The molecule has 0 spiro atoms. The fraction of sp³-hybridized carbons (Fsp3) is 0.167. The molecule has 2 aromatic heterocycles. The molecule has 0 saturated carbocycles. The van der Waals surface area contributed by atoms with Crippen molar-refractivity contribution in [3.63, 3.8) is 0 Å². The van der Waals surface area contributed by atoms with Crippen molar-refractivity contribution in [3.8, 4) is 11.4 Å². The number of hydrogen-bond acceptors (Lipinski definition) is 4. The predicted octanol–water partition coefficient (Wildman–Crippen LogP) is 3.00. The van der Waals surface area contributed by atoms with Crippen molar-refractivity contribution in [2.75, 3.05) is 0 Å². The summed E-state index contributed by atoms with van der Waals surface area (Å²) in [7, 11) is 0. The van der Waals surface area contributed by atoms with Gasteiger partial charge >= 0.3 is 0 Å². The van der Waals surface area contributed by atoms with Gasteiger partial charge in [0.1, 0.15) is 0 Å². The van der Waals surface area contributed by atoms with Gasteiger partial charge in [-0.2, -0.15) is 25.3 Å². The predicted molar refractivity (Wildman–Crippen MR) is 72.8 cm³/mol. The van der Waals surface area contributed by atoms with Crippen molar-refractivity contribution in [1.29, 1.82) is 0 Å². The lowest BCUT2D eigenvalue weighted by molar-refractivity contribution is 1.20. The Morgan fingerprint density at radius 1 is 0.875 bits per heavy atom. The van der Waals surface area contributed by atoms with Gasteiger partial charge in [0.2, 0.25) is 0 Å². The average molecular weight is 248 g/mol. The Morgan fingerprint density at radius 3 is 2.31 bits per heavy atom. The van der Waals surface area contributed by atoms with Crippen molar-refractivity contribution in [1.82, 2.24) is 9.97 Å². The lowest BCUT2D eigenvalue weighted by Gasteiger charge is -2.02. The van der Waals surface area contributed by atoms with Crippen LogP contribution in [0.25, 0.3) is 11.4 Å². The van der Waals surface area contributed by atoms with Gasteiger partial charge in [-0.25, -0.2) is 0 Å². The van der Waals surface area contributed by atoms with Crippen molar-refractivity contribution < 1.29 is 0 Å². The van der Waals surface area contributed by atoms with Crippen LogP contribution in [0.5, 0.6) is 0 Å². The largest absolute Gasteiger partial charge is 0.255 e. The van der Waals surface area contributed by atoms with Crippen molar-refractivity contribution >= 4 is 25.3 Å². The molecule has 4 heteroatoms. The molecule has 0 fully saturated rings. The molecular formula is C12H12N2S2. The summed E-state index contributed by atoms with van der Waals surface area (Å²) in [5, 5.41) is 0. The quantitative estimate of drug-likeness (QED) is 0.817. The van der Waals surface area contributed by atoms with E-state index >= 15 is 0 Å². The normalized spacial score (nSPS) is 10.4. The smallest absolute Gasteiger partial charge is 0.0889 e. The Balaban J connectivity index is 2.34. The third-order valence-electron chi connectivity index (χ3n) is 2.28. The van der Waals surface area contributed by atoms with E-state index in [4.69, 9.17) is 0 Å². The minimum absolute atomic E-state index is 0.706. The molecule has 0 aromatic carbocycles. The first kappa shape index (κ1) is 11.5. The van der Waals surface area contributed by atoms with Crippen molar-refractivity contribution in [2.45, 2.75) is 11.5 Å². The van der Waals surface area contributed by atoms with Crippen LogP contribution >= 0.6 is 25.3 Å². The fourth-order valence-corrected chi connectivity index (χ4v) is 1.77. The third kappa shape index (κ3) is 2.57. The topological polar surface area (TPSA) is 25.8 Å². The Hall–Kier alpha value is -1.00. The first-order valence-electron chi connectivity index (χ1n) is 4.95. The molecule has 2 rings (SSSR count). The molecule has 16 heavy (non-hydrogen) atoms. The molecular weight excluding hydrogens is 236 g/mol. The number of nitrogens with zero attached hydrogens (tertiary/aromatic N) is 2. The van der Waals surface area contributed by atoms with E-state index in [1.54, 1.807) is 6.20 Å². The molecule has 0 aliphatic carbocycles. The minimum Gasteiger partial charge on any atom is -0.255 e. The number of thiol groups is 2. The average Bonchev–Trinajstić information content (AvgIpc) is 2.39. The molecule has 82 valence electrons. The van der Waals surface area contributed by atoms with Gasteiger partial charge in [-0.05, 0) is 29.3 Å². The van der Waals surface area contributed by atoms with Crippen LogP contribution in [0.1, 0.15) is 11.1 Å². The highest BCUT2D eigenvalue weighted by atomic mass is 32.1. The first-order chi connectivity index (χ1) is 7.83. The van der Waals surface area contributed by atoms with Crippen LogP contribution in [0.4, 0.5) is 0 Å². The number of rotatable bonds is 3. The molecule has 0 saturated heterocycles. The van der Waals surface area contributed by atoms with Crippen LogP contribution in [-0.2, 0) is 11.5 Å². The highest BCUT2D eigenvalue weighted by Gasteiger charge is 2.01. The molecule has 0 aliphatic heterocycles. The fourth-order valence-electron chi connectivity index (χ4n) is 1.38. The standard InChI is InChI=1S/C12H12N2S2/c15-7-9-3-4-13-12(5-9)11-2-1-10(8-16)6-14-11/h1-6,15-16H,7-8H2. The lowest BCUT2D eigenvalue weighted by atomic mass is 10.2. The van der Waals surface area contributed by atoms with E-state index in [0.717, 1.165) is 22.5 Å². The van der Waals surface area contributed by atoms with E-state index in [9.17, 15) is 0 Å². The molecule has 0 amide bonds. The van der Waals surface area contributed by atoms with E-state index in [1.165, 1.54) is 0 Å². The number of hydrogen-bond donors (Lipinski definition) is 2. The molecule has 0 unspecified atom stereocenters. The van der Waals surface area contributed by atoms with Gasteiger partial charge in [-0.3, -0.25) is 9.97 Å². The summed E-state index contributed by atoms with van der Waals surface area (Å²) in [6, 6.07) is 7.95. The second-order valence-electron chi connectivity index (χ2n) is 3.42. The summed E-state index contributed by atoms with van der Waals surface area (Å²) < 4.78 is 0. The highest BCUT2D eigenvalue weighted by molar-refractivity contribution is 7.79. The molecule has 2 aromatic rings. The summed E-state index contributed by atoms with van der Waals surface area (Å²) in [6.07, 6.45) is 3.62. The van der Waals surface area contributed by atoms with Crippen LogP contribution in [0, 0.1) is 0 Å². The maximum atomic E-state index is 4.36. The molecule has 0 N–H and O–H groups in total. The monoisotopic (exact) mass is 248 g/mol. The zero-order valence-corrected chi connectivity index (χ0v) is 10.5. The third-order valence-corrected chi connectivity index (χ3v) is 3.01. The summed E-state index contributed by atoms with van der Waals surface area (Å²) in [5.74, 6) is 1.42. The van der Waals surface area contributed by atoms with Gasteiger partial charge in [0, 0.05) is 23.9 Å². The molecule has 2 heterocycles. The second kappa shape index (κ2) is 5.37. The van der Waals surface area contributed by atoms with Crippen LogP contribution in [-0.4, -0.2) is 9.97 Å². The zero-order chi connectivity index (χ0) is 11.4. The molecule has 0 aliphatic rings. The van der Waals surface area contributed by atoms with E-state index in [-0.39, 0.29) is 0 Å². The number of pyridine rings is 2. The van der Waals surface area contributed by atoms with Crippen LogP contribution < -0.4 is 0 Å². The first-order valence-corrected chi connectivity index (χ1v) is 6.22. The Labute approximate surface area is 106 Å². The summed E-state index contributed by atoms with van der Waals surface area (Å²) in [5.41, 5.74) is 4.03. The molecule has 0 radical (unpaired) electrons. The number of aromatic nitrogens is 2. The molecule has 2 nitrogen and oxygen atoms in total. The van der Waals surface area contributed by atoms with Gasteiger partial charge in [0.05, 0.1) is 11.4 Å². The Bertz CT molecular complexity index is 469. The van der Waals surface area contributed by atoms with Gasteiger partial charge in [-0.1, -0.05) is 6.07 Å². The van der Waals surface area contributed by atoms with E-state index in [0.29, 0.717) is 11.5 Å². The Kier molecular flexibility index (Phi) is 3.85. The second-order valence-corrected chi connectivity index (χ2v) is 4.05. The van der Waals surface area contributed by atoms with E-state index in [1.807, 2.05) is 30.5 Å². The lowest BCUT2D eigenvalue weighted by Crippen LogP contribution is -1.90. The summed E-state index contributed by atoms with van der Waals surface area (Å²) >= 11 is 8.44. The highest BCUT2D eigenvalue weighted by Crippen LogP contribution is 2.17. The summed E-state index contributed by atoms with van der Waals surface area (Å²) in [4.78, 5) is 8.66. The van der Waals surface area contributed by atoms with Crippen LogP contribution in [0.2, 0.25) is 0 Å². The van der Waals surface area contributed by atoms with E-state index in [2.05, 4.69) is 35.2 Å². The molecule has 0 bridgehead atoms. The van der Waals surface area contributed by atoms with Crippen LogP contribution in [0.3, 0.4) is 0 Å². The van der Waals surface area contributed by atoms with E-state index < -0.39 is 0 Å². The zero-order valence-electron chi connectivity index (χ0n) is 8.67. The summed E-state index contributed by atoms with van der Waals surface area (Å²) in [6.45, 7) is 0. The van der Waals surface area contributed by atoms with Gasteiger partial charge in [0.25, 0.3) is 0 Å². The maximum Gasteiger partial charge on any atom is 0.0889 e. The van der Waals surface area contributed by atoms with Gasteiger partial charge in [-0.15, -0.1) is 0 Å². The maximum absolute atomic E-state index is 4.36.